The molecule has 0 radical (unpaired) electrons. The summed E-state index contributed by atoms with van der Waals surface area (Å²) in [6.45, 7) is 2.08. The van der Waals surface area contributed by atoms with E-state index in [1.54, 1.807) is 6.07 Å². The lowest BCUT2D eigenvalue weighted by atomic mass is 10.1. The second-order valence-electron chi connectivity index (χ2n) is 5.83. The van der Waals surface area contributed by atoms with Gasteiger partial charge in [-0.25, -0.2) is 4.39 Å². The Kier molecular flexibility index (Phi) is 4.40. The number of piperidine rings is 1. The second-order valence-corrected chi connectivity index (χ2v) is 5.83. The summed E-state index contributed by atoms with van der Waals surface area (Å²) in [6, 6.07) is 6.39. The maximum Gasteiger partial charge on any atom is 0.234 e. The van der Waals surface area contributed by atoms with Crippen LogP contribution in [-0.4, -0.2) is 46.6 Å². The van der Waals surface area contributed by atoms with Crippen molar-refractivity contribution in [2.45, 2.75) is 25.5 Å². The summed E-state index contributed by atoms with van der Waals surface area (Å²) >= 11 is 0. The van der Waals surface area contributed by atoms with Crippen molar-refractivity contribution in [1.82, 2.24) is 15.2 Å². The third kappa shape index (κ3) is 3.64. The lowest BCUT2D eigenvalue weighted by Crippen LogP contribution is -2.44. The normalized spacial score (nSPS) is 19.5. The fraction of sp³-hybridized carbons (Fsp3) is 0.438. The summed E-state index contributed by atoms with van der Waals surface area (Å²) in [6.07, 6.45) is 1.40. The fourth-order valence-electron chi connectivity index (χ4n) is 2.89. The van der Waals surface area contributed by atoms with Crippen molar-refractivity contribution in [3.63, 3.8) is 0 Å². The maximum absolute atomic E-state index is 13.1. The van der Waals surface area contributed by atoms with Gasteiger partial charge in [0.05, 0.1) is 19.2 Å². The van der Waals surface area contributed by atoms with Gasteiger partial charge in [-0.1, -0.05) is 0 Å². The summed E-state index contributed by atoms with van der Waals surface area (Å²) in [7, 11) is 0. The number of hydrogen-bond acceptors (Lipinski definition) is 3. The van der Waals surface area contributed by atoms with Gasteiger partial charge in [-0.05, 0) is 43.7 Å². The van der Waals surface area contributed by atoms with Crippen LogP contribution in [0.3, 0.4) is 0 Å². The van der Waals surface area contributed by atoms with E-state index in [0.29, 0.717) is 19.6 Å². The molecule has 0 aliphatic carbocycles. The molecule has 1 aliphatic heterocycles. The summed E-state index contributed by atoms with van der Waals surface area (Å²) in [5, 5.41) is 13.2. The van der Waals surface area contributed by atoms with Crippen LogP contribution in [0.1, 0.15) is 18.5 Å². The molecule has 1 saturated heterocycles. The van der Waals surface area contributed by atoms with E-state index in [4.69, 9.17) is 0 Å². The Labute approximate surface area is 128 Å². The quantitative estimate of drug-likeness (QED) is 0.799. The van der Waals surface area contributed by atoms with Crippen LogP contribution in [0, 0.1) is 5.82 Å². The summed E-state index contributed by atoms with van der Waals surface area (Å²) < 4.78 is 13.1. The van der Waals surface area contributed by atoms with Crippen LogP contribution in [0.15, 0.2) is 24.3 Å². The third-order valence-electron chi connectivity index (χ3n) is 3.96. The van der Waals surface area contributed by atoms with Gasteiger partial charge >= 0.3 is 0 Å². The molecule has 3 rings (SSSR count). The molecular formula is C16H20FN3O2. The molecular weight excluding hydrogens is 285 g/mol. The largest absolute Gasteiger partial charge is 0.392 e. The van der Waals surface area contributed by atoms with Crippen molar-refractivity contribution >= 4 is 16.8 Å². The van der Waals surface area contributed by atoms with Gasteiger partial charge in [-0.2, -0.15) is 0 Å². The molecule has 0 unspecified atom stereocenters. The van der Waals surface area contributed by atoms with E-state index in [2.05, 4.69) is 10.3 Å². The average molecular weight is 305 g/mol. The first-order valence-electron chi connectivity index (χ1n) is 7.54. The monoisotopic (exact) mass is 305 g/mol. The molecule has 5 nitrogen and oxygen atoms in total. The number of carbonyl (C=O) groups excluding carboxylic acids is 1. The standard InChI is InChI=1S/C16H20FN3O2/c17-12-3-4-15-11(6-12)7-13(19-15)8-18-16(22)10-20-5-1-2-14(21)9-20/h3-4,6-7,14,19,21H,1-2,5,8-10H2,(H,18,22)/t14-/m0/s1. The van der Waals surface area contributed by atoms with Crippen LogP contribution in [0.5, 0.6) is 0 Å². The number of halogens is 1. The number of aliphatic hydroxyl groups is 1. The Balaban J connectivity index is 1.53. The van der Waals surface area contributed by atoms with Gasteiger partial charge in [0.2, 0.25) is 5.91 Å². The lowest BCUT2D eigenvalue weighted by molar-refractivity contribution is -0.123. The number of aliphatic hydroxyl groups excluding tert-OH is 1. The van der Waals surface area contributed by atoms with E-state index < -0.39 is 0 Å². The van der Waals surface area contributed by atoms with E-state index >= 15 is 0 Å². The summed E-state index contributed by atoms with van der Waals surface area (Å²) in [4.78, 5) is 17.1. The number of benzene rings is 1. The van der Waals surface area contributed by atoms with Gasteiger partial charge in [0.25, 0.3) is 0 Å². The summed E-state index contributed by atoms with van der Waals surface area (Å²) in [5.41, 5.74) is 1.69. The van der Waals surface area contributed by atoms with Crippen molar-refractivity contribution in [3.8, 4) is 0 Å². The van der Waals surface area contributed by atoms with Crippen LogP contribution in [0.2, 0.25) is 0 Å². The van der Waals surface area contributed by atoms with Crippen LogP contribution in [0.4, 0.5) is 4.39 Å². The Morgan fingerprint density at radius 3 is 3.14 bits per heavy atom. The van der Waals surface area contributed by atoms with Gasteiger partial charge in [0.1, 0.15) is 5.82 Å². The first-order chi connectivity index (χ1) is 10.6. The third-order valence-corrected chi connectivity index (χ3v) is 3.96. The highest BCUT2D eigenvalue weighted by atomic mass is 19.1. The SMILES string of the molecule is O=C(CN1CCC[C@H](O)C1)NCc1cc2cc(F)ccc2[nH]1. The predicted molar refractivity (Wildman–Crippen MR) is 81.8 cm³/mol. The zero-order valence-corrected chi connectivity index (χ0v) is 12.3. The van der Waals surface area contributed by atoms with Gasteiger partial charge in [0.15, 0.2) is 0 Å². The Morgan fingerprint density at radius 2 is 2.32 bits per heavy atom. The topological polar surface area (TPSA) is 68.4 Å². The molecule has 2 heterocycles. The van der Waals surface area contributed by atoms with Crippen molar-refractivity contribution in [2.24, 2.45) is 0 Å². The molecule has 0 spiro atoms. The molecule has 3 N–H and O–H groups in total. The molecule has 1 aromatic heterocycles. The smallest absolute Gasteiger partial charge is 0.234 e. The Bertz CT molecular complexity index is 670. The van der Waals surface area contributed by atoms with E-state index in [1.807, 2.05) is 11.0 Å². The van der Waals surface area contributed by atoms with Crippen molar-refractivity contribution in [2.75, 3.05) is 19.6 Å². The number of nitrogens with one attached hydrogen (secondary N) is 2. The molecule has 0 bridgehead atoms. The number of fused-ring (bicyclic) bond motifs is 1. The number of rotatable bonds is 4. The number of likely N-dealkylation sites (tertiary alicyclic amines) is 1. The molecule has 1 aromatic carbocycles. The van der Waals surface area contributed by atoms with Crippen molar-refractivity contribution in [1.29, 1.82) is 0 Å². The highest BCUT2D eigenvalue weighted by molar-refractivity contribution is 5.81. The predicted octanol–water partition coefficient (Wildman–Crippen LogP) is 1.38. The minimum Gasteiger partial charge on any atom is -0.392 e. The maximum atomic E-state index is 13.1. The minimum atomic E-state index is -0.329. The molecule has 118 valence electrons. The molecule has 1 fully saturated rings. The number of hydrogen-bond donors (Lipinski definition) is 3. The summed E-state index contributed by atoms with van der Waals surface area (Å²) in [5.74, 6) is -0.343. The lowest BCUT2D eigenvalue weighted by Gasteiger charge is -2.29. The van der Waals surface area contributed by atoms with Crippen LogP contribution < -0.4 is 5.32 Å². The highest BCUT2D eigenvalue weighted by Gasteiger charge is 2.19. The molecule has 1 atom stereocenters. The van der Waals surface area contributed by atoms with E-state index in [1.165, 1.54) is 12.1 Å². The number of carbonyl (C=O) groups is 1. The first kappa shape index (κ1) is 15.0. The Hall–Kier alpha value is -1.92. The van der Waals surface area contributed by atoms with Crippen LogP contribution in [0.25, 0.3) is 10.9 Å². The second kappa shape index (κ2) is 6.46. The van der Waals surface area contributed by atoms with E-state index in [-0.39, 0.29) is 17.8 Å². The molecule has 1 aliphatic rings. The highest BCUT2D eigenvalue weighted by Crippen LogP contribution is 2.16. The van der Waals surface area contributed by atoms with E-state index in [9.17, 15) is 14.3 Å². The van der Waals surface area contributed by atoms with Gasteiger partial charge in [-0.3, -0.25) is 9.69 Å². The first-order valence-corrected chi connectivity index (χ1v) is 7.54. The van der Waals surface area contributed by atoms with Crippen molar-refractivity contribution in [3.05, 3.63) is 35.8 Å². The zero-order valence-electron chi connectivity index (χ0n) is 12.3. The van der Waals surface area contributed by atoms with Crippen molar-refractivity contribution < 1.29 is 14.3 Å². The number of nitrogens with zero attached hydrogens (tertiary/aromatic N) is 1. The number of H-pyrrole nitrogens is 1. The fourth-order valence-corrected chi connectivity index (χ4v) is 2.89. The number of amides is 1. The van der Waals surface area contributed by atoms with Gasteiger partial charge < -0.3 is 15.4 Å². The Morgan fingerprint density at radius 1 is 1.45 bits per heavy atom. The molecule has 2 aromatic rings. The number of aromatic amines is 1. The van der Waals surface area contributed by atoms with Crippen LogP contribution >= 0.6 is 0 Å². The molecule has 1 amide bonds. The van der Waals surface area contributed by atoms with Crippen LogP contribution in [-0.2, 0) is 11.3 Å². The average Bonchev–Trinajstić information content (AvgIpc) is 2.87. The number of aromatic nitrogens is 1. The molecule has 0 saturated carbocycles. The number of β-amino-alcohol motifs (C(OH)–C–C–N with tert-alkyl or cyclic N) is 1. The zero-order chi connectivity index (χ0) is 15.5. The van der Waals surface area contributed by atoms with E-state index in [0.717, 1.165) is 36.0 Å². The minimum absolute atomic E-state index is 0.0704. The van der Waals surface area contributed by atoms with Gasteiger partial charge in [-0.15, -0.1) is 0 Å². The molecule has 6 heteroatoms. The molecule has 22 heavy (non-hydrogen) atoms. The van der Waals surface area contributed by atoms with Gasteiger partial charge in [0, 0.05) is 23.1 Å².